The number of benzene rings is 2. The van der Waals surface area contributed by atoms with Crippen molar-refractivity contribution in [2.45, 2.75) is 32.4 Å². The van der Waals surface area contributed by atoms with Crippen LogP contribution in [0.5, 0.6) is 5.75 Å². The first-order valence-corrected chi connectivity index (χ1v) is 12.8. The summed E-state index contributed by atoms with van der Waals surface area (Å²) in [4.78, 5) is 30.2. The second-order valence-electron chi connectivity index (χ2n) is 9.05. The van der Waals surface area contributed by atoms with Crippen LogP contribution in [0.2, 0.25) is 0 Å². The Morgan fingerprint density at radius 2 is 1.83 bits per heavy atom. The van der Waals surface area contributed by atoms with E-state index in [2.05, 4.69) is 20.8 Å². The van der Waals surface area contributed by atoms with Crippen molar-refractivity contribution in [3.05, 3.63) is 69.7 Å². The Morgan fingerprint density at radius 3 is 2.49 bits per heavy atom. The number of rotatable bonds is 8. The number of aliphatic hydroxyl groups excluding tert-OH is 1. The molecule has 8 heteroatoms. The van der Waals surface area contributed by atoms with Gasteiger partial charge in [-0.3, -0.25) is 14.5 Å². The summed E-state index contributed by atoms with van der Waals surface area (Å²) in [7, 11) is 0. The third kappa shape index (κ3) is 5.94. The molecule has 0 spiro atoms. The number of hydrogen-bond acceptors (Lipinski definition) is 6. The van der Waals surface area contributed by atoms with Crippen molar-refractivity contribution in [1.82, 2.24) is 9.80 Å². The van der Waals surface area contributed by atoms with E-state index in [-0.39, 0.29) is 17.4 Å². The van der Waals surface area contributed by atoms with Gasteiger partial charge in [-0.25, -0.2) is 0 Å². The van der Waals surface area contributed by atoms with E-state index < -0.39 is 17.7 Å². The van der Waals surface area contributed by atoms with Crippen LogP contribution in [0.3, 0.4) is 0 Å². The van der Waals surface area contributed by atoms with E-state index in [1.54, 1.807) is 29.2 Å². The maximum atomic E-state index is 13.2. The lowest BCUT2D eigenvalue weighted by Gasteiger charge is -2.29. The Morgan fingerprint density at radius 1 is 1.11 bits per heavy atom. The number of amides is 1. The zero-order valence-electron chi connectivity index (χ0n) is 20.1. The molecule has 2 aromatic rings. The van der Waals surface area contributed by atoms with Gasteiger partial charge in [-0.15, -0.1) is 0 Å². The van der Waals surface area contributed by atoms with Gasteiger partial charge in [-0.1, -0.05) is 28.1 Å². The molecule has 4 rings (SSSR count). The second kappa shape index (κ2) is 11.4. The first kappa shape index (κ1) is 25.4. The van der Waals surface area contributed by atoms with Crippen LogP contribution in [0, 0.1) is 0 Å². The van der Waals surface area contributed by atoms with Gasteiger partial charge in [-0.2, -0.15) is 0 Å². The van der Waals surface area contributed by atoms with Crippen molar-refractivity contribution < 1.29 is 24.2 Å². The van der Waals surface area contributed by atoms with Gasteiger partial charge in [0.05, 0.1) is 30.9 Å². The summed E-state index contributed by atoms with van der Waals surface area (Å²) < 4.78 is 11.9. The fourth-order valence-electron chi connectivity index (χ4n) is 4.54. The molecule has 1 amide bonds. The molecule has 1 N–H and O–H groups in total. The number of carbonyl (C=O) groups is 2. The van der Waals surface area contributed by atoms with E-state index in [1.807, 2.05) is 38.1 Å². The number of carbonyl (C=O) groups excluding carboxylic acids is 2. The predicted molar refractivity (Wildman–Crippen MR) is 137 cm³/mol. The summed E-state index contributed by atoms with van der Waals surface area (Å²) in [6.07, 6.45) is 0.743. The number of nitrogens with zero attached hydrogens (tertiary/aromatic N) is 2. The average molecular weight is 543 g/mol. The van der Waals surface area contributed by atoms with Crippen LogP contribution in [-0.2, 0) is 14.3 Å². The van der Waals surface area contributed by atoms with E-state index in [9.17, 15) is 14.7 Å². The molecule has 2 heterocycles. The SMILES string of the molecule is CC(C)Oc1ccc(/C(O)=C2\C(=O)C(=O)N(CCCN3CCOCC3)C2c2cccc(Br)c2)cc1. The van der Waals surface area contributed by atoms with Crippen LogP contribution < -0.4 is 4.74 Å². The summed E-state index contributed by atoms with van der Waals surface area (Å²) in [5, 5.41) is 11.2. The monoisotopic (exact) mass is 542 g/mol. The number of ketones is 1. The minimum absolute atomic E-state index is 0.0220. The Hall–Kier alpha value is -2.68. The highest BCUT2D eigenvalue weighted by molar-refractivity contribution is 9.10. The lowest BCUT2D eigenvalue weighted by atomic mass is 9.95. The fraction of sp³-hybridized carbons (Fsp3) is 0.407. The highest BCUT2D eigenvalue weighted by Crippen LogP contribution is 2.40. The predicted octanol–water partition coefficient (Wildman–Crippen LogP) is 4.38. The van der Waals surface area contributed by atoms with Crippen LogP contribution in [0.1, 0.15) is 37.4 Å². The number of hydrogen-bond donors (Lipinski definition) is 1. The molecule has 0 aromatic heterocycles. The van der Waals surface area contributed by atoms with E-state index in [1.165, 1.54) is 0 Å². The van der Waals surface area contributed by atoms with E-state index in [0.717, 1.165) is 36.1 Å². The Kier molecular flexibility index (Phi) is 8.26. The number of halogens is 1. The van der Waals surface area contributed by atoms with Gasteiger partial charge in [0, 0.05) is 36.2 Å². The van der Waals surface area contributed by atoms with Crippen molar-refractivity contribution in [1.29, 1.82) is 0 Å². The summed E-state index contributed by atoms with van der Waals surface area (Å²) in [5.74, 6) is -0.761. The molecule has 2 aliphatic rings. The maximum absolute atomic E-state index is 13.2. The first-order valence-electron chi connectivity index (χ1n) is 12.0. The Labute approximate surface area is 214 Å². The molecule has 2 aromatic carbocycles. The molecular weight excluding hydrogens is 512 g/mol. The van der Waals surface area contributed by atoms with Gasteiger partial charge in [0.1, 0.15) is 11.5 Å². The minimum atomic E-state index is -0.665. The molecule has 2 aliphatic heterocycles. The molecule has 2 fully saturated rings. The zero-order valence-corrected chi connectivity index (χ0v) is 21.7. The zero-order chi connectivity index (χ0) is 24.9. The standard InChI is InChI=1S/C27H31BrN2O5/c1-18(2)35-22-9-7-19(8-10-22)25(31)23-24(20-5-3-6-21(28)17-20)30(27(33)26(23)32)12-4-11-29-13-15-34-16-14-29/h3,5-10,17-18,24,31H,4,11-16H2,1-2H3/b25-23+. The lowest BCUT2D eigenvalue weighted by Crippen LogP contribution is -2.38. The smallest absolute Gasteiger partial charge is 0.295 e. The molecule has 35 heavy (non-hydrogen) atoms. The van der Waals surface area contributed by atoms with E-state index in [0.29, 0.717) is 31.1 Å². The van der Waals surface area contributed by atoms with Gasteiger partial charge in [0.15, 0.2) is 0 Å². The molecule has 2 saturated heterocycles. The van der Waals surface area contributed by atoms with Crippen LogP contribution in [0.15, 0.2) is 58.6 Å². The molecule has 186 valence electrons. The average Bonchev–Trinajstić information content (AvgIpc) is 3.09. The third-order valence-electron chi connectivity index (χ3n) is 6.18. The number of morpholine rings is 1. The van der Waals surface area contributed by atoms with E-state index in [4.69, 9.17) is 9.47 Å². The van der Waals surface area contributed by atoms with Gasteiger partial charge in [0.25, 0.3) is 11.7 Å². The van der Waals surface area contributed by atoms with Gasteiger partial charge in [0.2, 0.25) is 0 Å². The van der Waals surface area contributed by atoms with E-state index >= 15 is 0 Å². The van der Waals surface area contributed by atoms with Crippen molar-refractivity contribution in [2.75, 3.05) is 39.4 Å². The quantitative estimate of drug-likeness (QED) is 0.303. The summed E-state index contributed by atoms with van der Waals surface area (Å²) in [5.41, 5.74) is 1.34. The third-order valence-corrected chi connectivity index (χ3v) is 6.67. The molecular formula is C27H31BrN2O5. The highest BCUT2D eigenvalue weighted by Gasteiger charge is 2.45. The maximum Gasteiger partial charge on any atom is 0.295 e. The van der Waals surface area contributed by atoms with Crippen LogP contribution in [-0.4, -0.2) is 72.1 Å². The molecule has 0 bridgehead atoms. The number of likely N-dealkylation sites (tertiary alicyclic amines) is 1. The number of Topliss-reactive ketones (excluding diaryl/α,β-unsaturated/α-hetero) is 1. The molecule has 0 radical (unpaired) electrons. The number of aliphatic hydroxyl groups is 1. The lowest BCUT2D eigenvalue weighted by molar-refractivity contribution is -0.140. The van der Waals surface area contributed by atoms with Crippen molar-refractivity contribution in [3.8, 4) is 5.75 Å². The normalized spacial score (nSPS) is 20.6. The second-order valence-corrected chi connectivity index (χ2v) is 9.96. The fourth-order valence-corrected chi connectivity index (χ4v) is 4.96. The summed E-state index contributed by atoms with van der Waals surface area (Å²) >= 11 is 3.49. The van der Waals surface area contributed by atoms with Crippen LogP contribution in [0.25, 0.3) is 5.76 Å². The van der Waals surface area contributed by atoms with Crippen LogP contribution in [0.4, 0.5) is 0 Å². The van der Waals surface area contributed by atoms with Gasteiger partial charge in [-0.05, 0) is 62.2 Å². The van der Waals surface area contributed by atoms with Crippen molar-refractivity contribution in [2.24, 2.45) is 0 Å². The van der Waals surface area contributed by atoms with Crippen molar-refractivity contribution in [3.63, 3.8) is 0 Å². The molecule has 1 atom stereocenters. The van der Waals surface area contributed by atoms with Crippen molar-refractivity contribution >= 4 is 33.4 Å². The molecule has 0 aliphatic carbocycles. The molecule has 1 unspecified atom stereocenters. The molecule has 7 nitrogen and oxygen atoms in total. The Bertz CT molecular complexity index is 1090. The summed E-state index contributed by atoms with van der Waals surface area (Å²) in [6, 6.07) is 13.8. The number of ether oxygens (including phenoxy) is 2. The first-order chi connectivity index (χ1) is 16.8. The Balaban J connectivity index is 1.65. The minimum Gasteiger partial charge on any atom is -0.507 e. The molecule has 0 saturated carbocycles. The van der Waals surface area contributed by atoms with Gasteiger partial charge >= 0.3 is 0 Å². The van der Waals surface area contributed by atoms with Gasteiger partial charge < -0.3 is 19.5 Å². The highest BCUT2D eigenvalue weighted by atomic mass is 79.9. The summed E-state index contributed by atoms with van der Waals surface area (Å²) in [6.45, 7) is 8.26. The van der Waals surface area contributed by atoms with Crippen LogP contribution >= 0.6 is 15.9 Å². The largest absolute Gasteiger partial charge is 0.507 e. The topological polar surface area (TPSA) is 79.3 Å².